The summed E-state index contributed by atoms with van der Waals surface area (Å²) in [6.45, 7) is 4.13. The summed E-state index contributed by atoms with van der Waals surface area (Å²) in [6, 6.07) is 10.9. The average Bonchev–Trinajstić information content (AvgIpc) is 3.04. The molecule has 1 fully saturated rings. The van der Waals surface area contributed by atoms with E-state index in [1.165, 1.54) is 12.8 Å². The third-order valence-electron chi connectivity index (χ3n) is 4.18. The third-order valence-corrected chi connectivity index (χ3v) is 4.51. The molecular weight excluding hydrogens is 310 g/mol. The highest BCUT2D eigenvalue weighted by molar-refractivity contribution is 6.34. The van der Waals surface area contributed by atoms with Crippen molar-refractivity contribution in [3.8, 4) is 0 Å². The highest BCUT2D eigenvalue weighted by Gasteiger charge is 2.17. The normalized spacial score (nSPS) is 14.1. The molecule has 0 atom stereocenters. The molecule has 2 aromatic rings. The quantitative estimate of drug-likeness (QED) is 0.834. The summed E-state index contributed by atoms with van der Waals surface area (Å²) in [7, 11) is 0. The van der Waals surface area contributed by atoms with Crippen LogP contribution < -0.4 is 16.0 Å². The number of halogens is 1. The van der Waals surface area contributed by atoms with Crippen LogP contribution in [0.4, 0.5) is 17.1 Å². The van der Waals surface area contributed by atoms with Crippen molar-refractivity contribution in [2.45, 2.75) is 19.8 Å². The summed E-state index contributed by atoms with van der Waals surface area (Å²) in [5.74, 6) is -0.251. The number of rotatable bonds is 3. The molecule has 1 heterocycles. The summed E-state index contributed by atoms with van der Waals surface area (Å²) < 4.78 is 0. The van der Waals surface area contributed by atoms with Crippen molar-refractivity contribution < 1.29 is 4.79 Å². The maximum absolute atomic E-state index is 12.4. The maximum Gasteiger partial charge on any atom is 0.257 e. The van der Waals surface area contributed by atoms with E-state index in [4.69, 9.17) is 17.3 Å². The molecule has 4 nitrogen and oxygen atoms in total. The van der Waals surface area contributed by atoms with Gasteiger partial charge < -0.3 is 16.0 Å². The molecule has 120 valence electrons. The van der Waals surface area contributed by atoms with Gasteiger partial charge in [0, 0.05) is 18.8 Å². The Bertz CT molecular complexity index is 739. The number of anilines is 3. The Labute approximate surface area is 141 Å². The summed E-state index contributed by atoms with van der Waals surface area (Å²) >= 11 is 6.08. The lowest BCUT2D eigenvalue weighted by Gasteiger charge is -2.22. The van der Waals surface area contributed by atoms with Crippen LogP contribution in [0, 0.1) is 6.92 Å². The Hall–Kier alpha value is -2.20. The maximum atomic E-state index is 12.4. The van der Waals surface area contributed by atoms with Gasteiger partial charge in [0.2, 0.25) is 0 Å². The number of benzene rings is 2. The molecule has 1 amide bonds. The molecule has 1 saturated heterocycles. The van der Waals surface area contributed by atoms with E-state index in [9.17, 15) is 4.79 Å². The minimum atomic E-state index is -0.251. The third kappa shape index (κ3) is 3.27. The number of aryl methyl sites for hydroxylation is 1. The number of amides is 1. The zero-order valence-corrected chi connectivity index (χ0v) is 13.9. The van der Waals surface area contributed by atoms with Gasteiger partial charge in [0.25, 0.3) is 5.91 Å². The van der Waals surface area contributed by atoms with Gasteiger partial charge in [0.05, 0.1) is 22.0 Å². The molecule has 0 aromatic heterocycles. The SMILES string of the molecule is Cc1cc(N)c(NC(=O)c2ccccc2Cl)cc1N1CCCC1. The first-order valence-corrected chi connectivity index (χ1v) is 8.15. The van der Waals surface area contributed by atoms with Crippen molar-refractivity contribution in [1.82, 2.24) is 0 Å². The number of hydrogen-bond acceptors (Lipinski definition) is 3. The standard InChI is InChI=1S/C18H20ClN3O/c1-12-10-15(20)16(11-17(12)22-8-4-5-9-22)21-18(23)13-6-2-3-7-14(13)19/h2-3,6-7,10-11H,4-5,8-9,20H2,1H3,(H,21,23). The fourth-order valence-electron chi connectivity index (χ4n) is 2.96. The lowest BCUT2D eigenvalue weighted by atomic mass is 10.1. The van der Waals surface area contributed by atoms with Crippen LogP contribution in [0.1, 0.15) is 28.8 Å². The van der Waals surface area contributed by atoms with Crippen molar-refractivity contribution in [2.24, 2.45) is 0 Å². The molecule has 0 radical (unpaired) electrons. The number of nitrogens with two attached hydrogens (primary N) is 1. The first-order chi connectivity index (χ1) is 11.1. The second-order valence-electron chi connectivity index (χ2n) is 5.85. The van der Waals surface area contributed by atoms with E-state index in [0.29, 0.717) is 22.0 Å². The largest absolute Gasteiger partial charge is 0.397 e. The Kier molecular flexibility index (Phi) is 4.44. The monoisotopic (exact) mass is 329 g/mol. The molecule has 0 bridgehead atoms. The van der Waals surface area contributed by atoms with Crippen LogP contribution in [0.3, 0.4) is 0 Å². The Morgan fingerprint density at radius 2 is 1.91 bits per heavy atom. The van der Waals surface area contributed by atoms with Crippen molar-refractivity contribution in [3.63, 3.8) is 0 Å². The number of nitrogen functional groups attached to an aromatic ring is 1. The lowest BCUT2D eigenvalue weighted by molar-refractivity contribution is 0.102. The van der Waals surface area contributed by atoms with Crippen LogP contribution in [-0.4, -0.2) is 19.0 Å². The van der Waals surface area contributed by atoms with Crippen LogP contribution in [-0.2, 0) is 0 Å². The molecule has 1 aliphatic rings. The van der Waals surface area contributed by atoms with E-state index in [-0.39, 0.29) is 5.91 Å². The Morgan fingerprint density at radius 1 is 1.22 bits per heavy atom. The number of hydrogen-bond donors (Lipinski definition) is 2. The smallest absolute Gasteiger partial charge is 0.257 e. The number of nitrogens with one attached hydrogen (secondary N) is 1. The molecule has 3 N–H and O–H groups in total. The molecule has 0 saturated carbocycles. The van der Waals surface area contributed by atoms with Gasteiger partial charge in [-0.3, -0.25) is 4.79 Å². The van der Waals surface area contributed by atoms with Gasteiger partial charge in [-0.05, 0) is 49.6 Å². The van der Waals surface area contributed by atoms with Crippen molar-refractivity contribution in [3.05, 3.63) is 52.5 Å². The van der Waals surface area contributed by atoms with Crippen molar-refractivity contribution >= 4 is 34.6 Å². The highest BCUT2D eigenvalue weighted by Crippen LogP contribution is 2.32. The van der Waals surface area contributed by atoms with Crippen molar-refractivity contribution in [2.75, 3.05) is 29.0 Å². The summed E-state index contributed by atoms with van der Waals surface area (Å²) in [5.41, 5.74) is 9.97. The fraction of sp³-hybridized carbons (Fsp3) is 0.278. The van der Waals surface area contributed by atoms with Gasteiger partial charge in [-0.1, -0.05) is 23.7 Å². The predicted octanol–water partition coefficient (Wildman–Crippen LogP) is 4.08. The summed E-state index contributed by atoms with van der Waals surface area (Å²) in [5, 5.41) is 3.31. The van der Waals surface area contributed by atoms with E-state index in [2.05, 4.69) is 10.2 Å². The molecule has 5 heteroatoms. The number of carbonyl (C=O) groups is 1. The lowest BCUT2D eigenvalue weighted by Crippen LogP contribution is -2.20. The van der Waals surface area contributed by atoms with Crippen LogP contribution in [0.25, 0.3) is 0 Å². The van der Waals surface area contributed by atoms with Crippen LogP contribution >= 0.6 is 11.6 Å². The second kappa shape index (κ2) is 6.50. The Balaban J connectivity index is 1.89. The number of nitrogens with zero attached hydrogens (tertiary/aromatic N) is 1. The van der Waals surface area contributed by atoms with Gasteiger partial charge in [-0.2, -0.15) is 0 Å². The fourth-order valence-corrected chi connectivity index (χ4v) is 3.18. The molecule has 0 spiro atoms. The molecule has 1 aliphatic heterocycles. The van der Waals surface area contributed by atoms with Gasteiger partial charge >= 0.3 is 0 Å². The van der Waals surface area contributed by atoms with Crippen molar-refractivity contribution in [1.29, 1.82) is 0 Å². The zero-order valence-electron chi connectivity index (χ0n) is 13.1. The van der Waals surface area contributed by atoms with E-state index in [1.807, 2.05) is 19.1 Å². The molecule has 23 heavy (non-hydrogen) atoms. The first-order valence-electron chi connectivity index (χ1n) is 7.77. The summed E-state index contributed by atoms with van der Waals surface area (Å²) in [4.78, 5) is 14.8. The van der Waals surface area contributed by atoms with E-state index in [0.717, 1.165) is 24.3 Å². The minimum Gasteiger partial charge on any atom is -0.397 e. The van der Waals surface area contributed by atoms with Crippen LogP contribution in [0.15, 0.2) is 36.4 Å². The topological polar surface area (TPSA) is 58.4 Å². The summed E-state index contributed by atoms with van der Waals surface area (Å²) in [6.07, 6.45) is 2.40. The van der Waals surface area contributed by atoms with Gasteiger partial charge in [0.15, 0.2) is 0 Å². The second-order valence-corrected chi connectivity index (χ2v) is 6.26. The van der Waals surface area contributed by atoms with E-state index in [1.54, 1.807) is 24.3 Å². The molecule has 0 unspecified atom stereocenters. The highest BCUT2D eigenvalue weighted by atomic mass is 35.5. The van der Waals surface area contributed by atoms with Crippen LogP contribution in [0.2, 0.25) is 5.02 Å². The predicted molar refractivity (Wildman–Crippen MR) is 96.4 cm³/mol. The number of carbonyl (C=O) groups excluding carboxylic acids is 1. The minimum absolute atomic E-state index is 0.251. The molecule has 0 aliphatic carbocycles. The first kappa shape index (κ1) is 15.7. The Morgan fingerprint density at radius 3 is 2.61 bits per heavy atom. The molecule has 2 aromatic carbocycles. The molecule has 3 rings (SSSR count). The van der Waals surface area contributed by atoms with Gasteiger partial charge in [0.1, 0.15) is 0 Å². The van der Waals surface area contributed by atoms with Gasteiger partial charge in [-0.25, -0.2) is 0 Å². The van der Waals surface area contributed by atoms with E-state index >= 15 is 0 Å². The molecular formula is C18H20ClN3O. The van der Waals surface area contributed by atoms with E-state index < -0.39 is 0 Å². The van der Waals surface area contributed by atoms with Crippen LogP contribution in [0.5, 0.6) is 0 Å². The van der Waals surface area contributed by atoms with Gasteiger partial charge in [-0.15, -0.1) is 0 Å². The zero-order chi connectivity index (χ0) is 16.4. The average molecular weight is 330 g/mol.